The molecule has 2 aromatic rings. The lowest BCUT2D eigenvalue weighted by atomic mass is 10.1. The average Bonchev–Trinajstić information content (AvgIpc) is 2.89. The smallest absolute Gasteiger partial charge is 0.295 e. The van der Waals surface area contributed by atoms with E-state index in [1.54, 1.807) is 11.0 Å². The van der Waals surface area contributed by atoms with Crippen LogP contribution in [0.5, 0.6) is 0 Å². The van der Waals surface area contributed by atoms with Gasteiger partial charge in [0.1, 0.15) is 5.37 Å². The van der Waals surface area contributed by atoms with Gasteiger partial charge >= 0.3 is 6.18 Å². The zero-order chi connectivity index (χ0) is 16.6. The van der Waals surface area contributed by atoms with E-state index in [0.717, 1.165) is 15.7 Å². The van der Waals surface area contributed by atoms with Crippen molar-refractivity contribution in [1.82, 2.24) is 0 Å². The molecule has 3 rings (SSSR count). The zero-order valence-corrected chi connectivity index (χ0v) is 14.7. The molecule has 0 aliphatic carbocycles. The number of rotatable bonds is 2. The fourth-order valence-electron chi connectivity index (χ4n) is 2.42. The number of alkyl halides is 3. The van der Waals surface area contributed by atoms with Crippen LogP contribution >= 0.6 is 34.4 Å². The molecule has 1 saturated heterocycles. The van der Waals surface area contributed by atoms with Crippen molar-refractivity contribution < 1.29 is 18.0 Å². The largest absolute Gasteiger partial charge is 0.416 e. The molecule has 1 aliphatic rings. The molecule has 0 bridgehead atoms. The molecule has 120 valence electrons. The number of halogens is 4. The minimum atomic E-state index is -4.39. The number of anilines is 1. The van der Waals surface area contributed by atoms with Crippen molar-refractivity contribution >= 4 is 45.9 Å². The van der Waals surface area contributed by atoms with Crippen molar-refractivity contribution in [1.29, 1.82) is 0 Å². The summed E-state index contributed by atoms with van der Waals surface area (Å²) >= 11 is 3.50. The third kappa shape index (κ3) is 3.50. The highest BCUT2D eigenvalue weighted by Gasteiger charge is 2.36. The number of nitrogens with zero attached hydrogens (tertiary/aromatic N) is 1. The number of carbonyl (C=O) groups is 1. The Hall–Kier alpha value is -1.22. The Balaban J connectivity index is 1.98. The number of hydrogen-bond acceptors (Lipinski definition) is 2. The predicted octanol–water partition coefficient (Wildman–Crippen LogP) is 5.09. The van der Waals surface area contributed by atoms with Crippen LogP contribution in [-0.4, -0.2) is 11.7 Å². The molecule has 1 atom stereocenters. The second-order valence-electron chi connectivity index (χ2n) is 5.03. The van der Waals surface area contributed by atoms with E-state index in [1.807, 2.05) is 24.3 Å². The van der Waals surface area contributed by atoms with Gasteiger partial charge < -0.3 is 0 Å². The Morgan fingerprint density at radius 3 is 2.48 bits per heavy atom. The summed E-state index contributed by atoms with van der Waals surface area (Å²) in [5, 5.41) is -0.440. The molecule has 23 heavy (non-hydrogen) atoms. The third-order valence-corrected chi connectivity index (χ3v) is 5.40. The summed E-state index contributed by atoms with van der Waals surface area (Å²) < 4.78 is 39.8. The van der Waals surface area contributed by atoms with Gasteiger partial charge in [0.05, 0.1) is 11.3 Å². The van der Waals surface area contributed by atoms with E-state index < -0.39 is 17.1 Å². The molecular formula is C16H11F3INOS. The molecule has 0 radical (unpaired) electrons. The highest BCUT2D eigenvalue weighted by atomic mass is 127. The van der Waals surface area contributed by atoms with E-state index in [2.05, 4.69) is 22.6 Å². The van der Waals surface area contributed by atoms with E-state index in [1.165, 1.54) is 17.8 Å². The molecule has 0 N–H and O–H groups in total. The Morgan fingerprint density at radius 2 is 1.83 bits per heavy atom. The fraction of sp³-hybridized carbons (Fsp3) is 0.188. The minimum absolute atomic E-state index is 0.0985. The Kier molecular flexibility index (Phi) is 4.59. The first-order valence-corrected chi connectivity index (χ1v) is 8.85. The fourth-order valence-corrected chi connectivity index (χ4v) is 3.95. The molecule has 0 spiro atoms. The highest BCUT2D eigenvalue weighted by molar-refractivity contribution is 14.1. The van der Waals surface area contributed by atoms with Crippen LogP contribution in [0.15, 0.2) is 48.5 Å². The molecule has 7 heteroatoms. The lowest BCUT2D eigenvalue weighted by Crippen LogP contribution is -2.27. The quantitative estimate of drug-likeness (QED) is 0.596. The molecule has 1 aliphatic heterocycles. The normalized spacial score (nSPS) is 18.5. The van der Waals surface area contributed by atoms with Crippen molar-refractivity contribution in [3.8, 4) is 0 Å². The maximum atomic E-state index is 12.9. The summed E-state index contributed by atoms with van der Waals surface area (Å²) in [5.74, 6) is 0.158. The summed E-state index contributed by atoms with van der Waals surface area (Å²) in [6, 6.07) is 12.5. The summed E-state index contributed by atoms with van der Waals surface area (Å²) in [7, 11) is 0. The van der Waals surface area contributed by atoms with Gasteiger partial charge in [-0.25, -0.2) is 0 Å². The lowest BCUT2D eigenvalue weighted by Gasteiger charge is -2.25. The zero-order valence-electron chi connectivity index (χ0n) is 11.7. The topological polar surface area (TPSA) is 20.3 Å². The Labute approximate surface area is 149 Å². The highest BCUT2D eigenvalue weighted by Crippen LogP contribution is 2.43. The van der Waals surface area contributed by atoms with Gasteiger partial charge in [-0.2, -0.15) is 13.2 Å². The molecule has 1 unspecified atom stereocenters. The molecule has 2 nitrogen and oxygen atoms in total. The van der Waals surface area contributed by atoms with Crippen LogP contribution in [0.4, 0.5) is 18.9 Å². The first-order valence-electron chi connectivity index (χ1n) is 6.72. The number of benzene rings is 2. The van der Waals surface area contributed by atoms with Crippen LogP contribution in [0.25, 0.3) is 0 Å². The van der Waals surface area contributed by atoms with Gasteiger partial charge in [0.25, 0.3) is 0 Å². The van der Waals surface area contributed by atoms with E-state index in [4.69, 9.17) is 0 Å². The van der Waals surface area contributed by atoms with Crippen LogP contribution in [-0.2, 0) is 11.0 Å². The van der Waals surface area contributed by atoms with Gasteiger partial charge in [0, 0.05) is 9.26 Å². The summed E-state index contributed by atoms with van der Waals surface area (Å²) in [6.45, 7) is 0. The number of carbonyl (C=O) groups excluding carboxylic acids is 1. The van der Waals surface area contributed by atoms with Crippen LogP contribution in [0.2, 0.25) is 0 Å². The molecule has 0 saturated carbocycles. The second kappa shape index (κ2) is 6.35. The standard InChI is InChI=1S/C16H11F3INOS/c17-16(18,19)11-3-1-2-10(8-11)15-21(14(22)9-23-15)13-6-4-12(20)5-7-13/h1-8,15H,9H2. The predicted molar refractivity (Wildman–Crippen MR) is 93.3 cm³/mol. The SMILES string of the molecule is O=C1CSC(c2cccc(C(F)(F)F)c2)N1c1ccc(I)cc1. The maximum absolute atomic E-state index is 12.9. The average molecular weight is 449 g/mol. The molecule has 1 heterocycles. The number of hydrogen-bond donors (Lipinski definition) is 0. The first-order chi connectivity index (χ1) is 10.9. The molecular weight excluding hydrogens is 438 g/mol. The number of amides is 1. The Bertz CT molecular complexity index is 733. The van der Waals surface area contributed by atoms with Gasteiger partial charge in [-0.1, -0.05) is 12.1 Å². The molecule has 1 fully saturated rings. The van der Waals surface area contributed by atoms with E-state index in [-0.39, 0.29) is 11.7 Å². The summed E-state index contributed by atoms with van der Waals surface area (Å²) in [6.07, 6.45) is -4.39. The van der Waals surface area contributed by atoms with Crippen LogP contribution in [0.3, 0.4) is 0 Å². The molecule has 2 aromatic carbocycles. The third-order valence-electron chi connectivity index (χ3n) is 3.47. The first kappa shape index (κ1) is 16.6. The number of thioether (sulfide) groups is 1. The lowest BCUT2D eigenvalue weighted by molar-refractivity contribution is -0.137. The second-order valence-corrected chi connectivity index (χ2v) is 7.34. The van der Waals surface area contributed by atoms with E-state index in [0.29, 0.717) is 11.3 Å². The van der Waals surface area contributed by atoms with Crippen LogP contribution in [0, 0.1) is 3.57 Å². The van der Waals surface area contributed by atoms with Crippen molar-refractivity contribution in [2.24, 2.45) is 0 Å². The minimum Gasteiger partial charge on any atom is -0.295 e. The van der Waals surface area contributed by atoms with Gasteiger partial charge in [0.2, 0.25) is 5.91 Å². The summed E-state index contributed by atoms with van der Waals surface area (Å²) in [4.78, 5) is 13.8. The molecule has 0 aromatic heterocycles. The Morgan fingerprint density at radius 1 is 1.13 bits per heavy atom. The van der Waals surface area contributed by atoms with Gasteiger partial charge in [-0.3, -0.25) is 9.69 Å². The van der Waals surface area contributed by atoms with Gasteiger partial charge in [-0.15, -0.1) is 11.8 Å². The van der Waals surface area contributed by atoms with Crippen molar-refractivity contribution in [3.05, 3.63) is 63.2 Å². The molecule has 1 amide bonds. The summed E-state index contributed by atoms with van der Waals surface area (Å²) in [5.41, 5.74) is 0.481. The maximum Gasteiger partial charge on any atom is 0.416 e. The van der Waals surface area contributed by atoms with Crippen molar-refractivity contribution in [3.63, 3.8) is 0 Å². The van der Waals surface area contributed by atoms with Gasteiger partial charge in [-0.05, 0) is 64.6 Å². The van der Waals surface area contributed by atoms with Crippen molar-refractivity contribution in [2.45, 2.75) is 11.6 Å². The van der Waals surface area contributed by atoms with Gasteiger partial charge in [0.15, 0.2) is 0 Å². The van der Waals surface area contributed by atoms with Crippen LogP contribution < -0.4 is 4.90 Å². The van der Waals surface area contributed by atoms with Crippen LogP contribution in [0.1, 0.15) is 16.5 Å². The van der Waals surface area contributed by atoms with Crippen molar-refractivity contribution in [2.75, 3.05) is 10.7 Å². The van der Waals surface area contributed by atoms with E-state index in [9.17, 15) is 18.0 Å². The monoisotopic (exact) mass is 449 g/mol. The van der Waals surface area contributed by atoms with E-state index >= 15 is 0 Å².